The molecule has 18 heavy (non-hydrogen) atoms. The Kier molecular flexibility index (Phi) is 3.18. The number of hydrogen-bond donors (Lipinski definition) is 2. The zero-order valence-electron chi connectivity index (χ0n) is 9.84. The van der Waals surface area contributed by atoms with Crippen LogP contribution in [0.25, 0.3) is 0 Å². The molecule has 6 heteroatoms. The Balaban J connectivity index is 2.25. The Labute approximate surface area is 104 Å². The molecule has 0 unspecified atom stereocenters. The summed E-state index contributed by atoms with van der Waals surface area (Å²) in [7, 11) is 1.60. The van der Waals surface area contributed by atoms with E-state index in [4.69, 9.17) is 20.7 Å². The van der Waals surface area contributed by atoms with Crippen molar-refractivity contribution >= 4 is 11.8 Å². The normalized spacial score (nSPS) is 10.3. The van der Waals surface area contributed by atoms with E-state index >= 15 is 0 Å². The van der Waals surface area contributed by atoms with E-state index in [2.05, 4.69) is 5.16 Å². The van der Waals surface area contributed by atoms with Gasteiger partial charge in [-0.3, -0.25) is 4.79 Å². The number of amides is 1. The monoisotopic (exact) mass is 247 g/mol. The lowest BCUT2D eigenvalue weighted by Crippen LogP contribution is -2.14. The minimum Gasteiger partial charge on any atom is -0.497 e. The molecule has 0 radical (unpaired) electrons. The number of nitrogens with zero attached hydrogens (tertiary/aromatic N) is 1. The molecule has 0 saturated heterocycles. The number of carbonyl (C=O) groups excluding carboxylic acids is 1. The highest BCUT2D eigenvalue weighted by molar-refractivity contribution is 5.97. The standard InChI is InChI=1S/C12H13N3O3/c1-17-8-4-2-7(3-5-8)6-9-10(11(13)16)12(14)18-15-9/h2-5H,6,14H2,1H3,(H2,13,16). The second kappa shape index (κ2) is 4.79. The number of aromatic nitrogens is 1. The van der Waals surface area contributed by atoms with Crippen molar-refractivity contribution in [1.29, 1.82) is 0 Å². The molecule has 1 heterocycles. The van der Waals surface area contributed by atoms with Crippen LogP contribution in [0.5, 0.6) is 5.75 Å². The van der Waals surface area contributed by atoms with Gasteiger partial charge in [-0.05, 0) is 17.7 Å². The minimum absolute atomic E-state index is 0.0500. The molecule has 2 aromatic rings. The van der Waals surface area contributed by atoms with E-state index < -0.39 is 5.91 Å². The van der Waals surface area contributed by atoms with Gasteiger partial charge in [0.05, 0.1) is 7.11 Å². The molecule has 4 N–H and O–H groups in total. The van der Waals surface area contributed by atoms with Crippen molar-refractivity contribution in [2.24, 2.45) is 5.73 Å². The average molecular weight is 247 g/mol. The summed E-state index contributed by atoms with van der Waals surface area (Å²) in [5.74, 6) is 0.0665. The number of anilines is 1. The Hall–Kier alpha value is -2.50. The molecule has 0 aliphatic carbocycles. The third-order valence-electron chi connectivity index (χ3n) is 2.57. The fourth-order valence-corrected chi connectivity index (χ4v) is 1.66. The van der Waals surface area contributed by atoms with Crippen LogP contribution < -0.4 is 16.2 Å². The molecule has 94 valence electrons. The van der Waals surface area contributed by atoms with Crippen LogP contribution in [0.3, 0.4) is 0 Å². The number of nitrogen functional groups attached to an aromatic ring is 1. The minimum atomic E-state index is -0.641. The van der Waals surface area contributed by atoms with Gasteiger partial charge in [0.15, 0.2) is 0 Å². The predicted molar refractivity (Wildman–Crippen MR) is 65.2 cm³/mol. The van der Waals surface area contributed by atoms with Crippen molar-refractivity contribution in [3.8, 4) is 5.75 Å². The molecule has 0 bridgehead atoms. The lowest BCUT2D eigenvalue weighted by molar-refractivity contribution is 0.1000. The van der Waals surface area contributed by atoms with E-state index in [1.54, 1.807) is 7.11 Å². The van der Waals surface area contributed by atoms with Gasteiger partial charge in [-0.25, -0.2) is 0 Å². The first kappa shape index (κ1) is 12.0. The molecule has 6 nitrogen and oxygen atoms in total. The Bertz CT molecular complexity index is 560. The van der Waals surface area contributed by atoms with Gasteiger partial charge < -0.3 is 20.7 Å². The third kappa shape index (κ3) is 2.27. The van der Waals surface area contributed by atoms with Gasteiger partial charge in [0.25, 0.3) is 5.91 Å². The van der Waals surface area contributed by atoms with Gasteiger partial charge >= 0.3 is 0 Å². The number of hydrogen-bond acceptors (Lipinski definition) is 5. The molecule has 2 rings (SSSR count). The lowest BCUT2D eigenvalue weighted by atomic mass is 10.1. The summed E-state index contributed by atoms with van der Waals surface area (Å²) in [6, 6.07) is 7.38. The van der Waals surface area contributed by atoms with E-state index in [1.165, 1.54) is 0 Å². The number of rotatable bonds is 4. The largest absolute Gasteiger partial charge is 0.497 e. The van der Waals surface area contributed by atoms with Gasteiger partial charge in [0, 0.05) is 6.42 Å². The molecule has 1 aromatic carbocycles. The smallest absolute Gasteiger partial charge is 0.256 e. The summed E-state index contributed by atoms with van der Waals surface area (Å²) in [4.78, 5) is 11.2. The fraction of sp³-hybridized carbons (Fsp3) is 0.167. The maximum Gasteiger partial charge on any atom is 0.256 e. The number of carbonyl (C=O) groups is 1. The van der Waals surface area contributed by atoms with Crippen LogP contribution in [0.4, 0.5) is 5.88 Å². The maximum absolute atomic E-state index is 11.2. The molecule has 0 saturated carbocycles. The van der Waals surface area contributed by atoms with E-state index in [1.807, 2.05) is 24.3 Å². The highest BCUT2D eigenvalue weighted by Gasteiger charge is 2.18. The zero-order chi connectivity index (χ0) is 13.1. The molecule has 0 aliphatic heterocycles. The number of primary amides is 1. The summed E-state index contributed by atoms with van der Waals surface area (Å²) < 4.78 is 9.83. The third-order valence-corrected chi connectivity index (χ3v) is 2.57. The number of benzene rings is 1. The zero-order valence-corrected chi connectivity index (χ0v) is 9.84. The van der Waals surface area contributed by atoms with Gasteiger partial charge in [-0.15, -0.1) is 0 Å². The van der Waals surface area contributed by atoms with Crippen molar-refractivity contribution in [3.05, 3.63) is 41.1 Å². The van der Waals surface area contributed by atoms with Crippen LogP contribution in [0.2, 0.25) is 0 Å². The quantitative estimate of drug-likeness (QED) is 0.837. The van der Waals surface area contributed by atoms with E-state index in [0.29, 0.717) is 12.1 Å². The average Bonchev–Trinajstić information content (AvgIpc) is 2.71. The first-order chi connectivity index (χ1) is 8.61. The van der Waals surface area contributed by atoms with Crippen LogP contribution in [0, 0.1) is 0 Å². The van der Waals surface area contributed by atoms with Crippen LogP contribution in [0.1, 0.15) is 21.6 Å². The molecule has 0 aliphatic rings. The summed E-state index contributed by atoms with van der Waals surface area (Å²) >= 11 is 0. The number of methoxy groups -OCH3 is 1. The fourth-order valence-electron chi connectivity index (χ4n) is 1.66. The molecule has 0 atom stereocenters. The molecule has 0 fully saturated rings. The molecule has 1 amide bonds. The highest BCUT2D eigenvalue weighted by atomic mass is 16.5. The van der Waals surface area contributed by atoms with Crippen LogP contribution in [-0.4, -0.2) is 18.2 Å². The van der Waals surface area contributed by atoms with Crippen molar-refractivity contribution in [3.63, 3.8) is 0 Å². The highest BCUT2D eigenvalue weighted by Crippen LogP contribution is 2.20. The first-order valence-electron chi connectivity index (χ1n) is 5.28. The summed E-state index contributed by atoms with van der Waals surface area (Å²) in [5, 5.41) is 3.74. The summed E-state index contributed by atoms with van der Waals surface area (Å²) in [6.07, 6.45) is 0.420. The Morgan fingerprint density at radius 3 is 2.61 bits per heavy atom. The topological polar surface area (TPSA) is 104 Å². The first-order valence-corrected chi connectivity index (χ1v) is 5.28. The van der Waals surface area contributed by atoms with Crippen molar-refractivity contribution in [1.82, 2.24) is 5.16 Å². The Morgan fingerprint density at radius 1 is 1.39 bits per heavy atom. The molecular weight excluding hydrogens is 234 g/mol. The second-order valence-electron chi connectivity index (χ2n) is 3.76. The predicted octanol–water partition coefficient (Wildman–Crippen LogP) is 0.955. The number of ether oxygens (including phenoxy) is 1. The molecule has 0 spiro atoms. The van der Waals surface area contributed by atoms with E-state index in [0.717, 1.165) is 11.3 Å². The summed E-state index contributed by atoms with van der Waals surface area (Å²) in [6.45, 7) is 0. The van der Waals surface area contributed by atoms with Crippen LogP contribution in [-0.2, 0) is 6.42 Å². The van der Waals surface area contributed by atoms with Gasteiger partial charge in [-0.2, -0.15) is 0 Å². The van der Waals surface area contributed by atoms with Crippen LogP contribution in [0.15, 0.2) is 28.8 Å². The lowest BCUT2D eigenvalue weighted by Gasteiger charge is -2.02. The molecular formula is C12H13N3O3. The Morgan fingerprint density at radius 2 is 2.06 bits per heavy atom. The van der Waals surface area contributed by atoms with Crippen molar-refractivity contribution < 1.29 is 14.1 Å². The maximum atomic E-state index is 11.2. The van der Waals surface area contributed by atoms with Gasteiger partial charge in [-0.1, -0.05) is 17.3 Å². The summed E-state index contributed by atoms with van der Waals surface area (Å²) in [5.41, 5.74) is 12.2. The van der Waals surface area contributed by atoms with E-state index in [9.17, 15) is 4.79 Å². The van der Waals surface area contributed by atoms with Crippen molar-refractivity contribution in [2.45, 2.75) is 6.42 Å². The van der Waals surface area contributed by atoms with Gasteiger partial charge in [0.1, 0.15) is 17.0 Å². The number of nitrogens with two attached hydrogens (primary N) is 2. The molecule has 1 aromatic heterocycles. The van der Waals surface area contributed by atoms with Crippen molar-refractivity contribution in [2.75, 3.05) is 12.8 Å². The van der Waals surface area contributed by atoms with E-state index in [-0.39, 0.29) is 11.4 Å². The van der Waals surface area contributed by atoms with Crippen LogP contribution >= 0.6 is 0 Å². The SMILES string of the molecule is COc1ccc(Cc2noc(N)c2C(N)=O)cc1. The van der Waals surface area contributed by atoms with Gasteiger partial charge in [0.2, 0.25) is 5.88 Å². The second-order valence-corrected chi connectivity index (χ2v) is 3.76.